The van der Waals surface area contributed by atoms with E-state index in [1.54, 1.807) is 6.08 Å². The third-order valence-corrected chi connectivity index (χ3v) is 3.65. The van der Waals surface area contributed by atoms with E-state index in [0.717, 1.165) is 43.1 Å². The molecule has 0 fully saturated rings. The second-order valence-corrected chi connectivity index (χ2v) is 5.95. The predicted octanol–water partition coefficient (Wildman–Crippen LogP) is 5.14. The number of hydrogen-bond donors (Lipinski definition) is 0. The van der Waals surface area contributed by atoms with Gasteiger partial charge in [-0.1, -0.05) is 44.4 Å². The molecule has 25 heavy (non-hydrogen) atoms. The summed E-state index contributed by atoms with van der Waals surface area (Å²) in [6, 6.07) is 7.67. The van der Waals surface area contributed by atoms with Crippen LogP contribution in [0.5, 0.6) is 5.75 Å². The molecule has 0 unspecified atom stereocenters. The molecule has 4 heteroatoms. The molecule has 0 aliphatic rings. The van der Waals surface area contributed by atoms with Crippen LogP contribution in [-0.2, 0) is 14.3 Å². The van der Waals surface area contributed by atoms with Gasteiger partial charge in [0.1, 0.15) is 5.75 Å². The number of allylic oxidation sites excluding steroid dienone is 1. The summed E-state index contributed by atoms with van der Waals surface area (Å²) in [5, 5.41) is 0. The number of carbonyl (C=O) groups is 1. The number of ether oxygens (including phenoxy) is 3. The first-order valence-corrected chi connectivity index (χ1v) is 8.89. The van der Waals surface area contributed by atoms with Crippen molar-refractivity contribution >= 4 is 12.0 Å². The zero-order valence-corrected chi connectivity index (χ0v) is 15.5. The Labute approximate surface area is 151 Å². The minimum Gasteiger partial charge on any atom is -0.499 e. The van der Waals surface area contributed by atoms with Crippen LogP contribution < -0.4 is 4.74 Å². The molecule has 0 radical (unpaired) electrons. The molecule has 0 N–H and O–H groups in total. The third kappa shape index (κ3) is 11.0. The van der Waals surface area contributed by atoms with Gasteiger partial charge in [-0.2, -0.15) is 0 Å². The summed E-state index contributed by atoms with van der Waals surface area (Å²) in [7, 11) is 1.36. The number of unbranched alkanes of at least 4 members (excludes halogenated alkanes) is 5. The molecule has 1 aromatic rings. The van der Waals surface area contributed by atoms with Gasteiger partial charge in [-0.3, -0.25) is 0 Å². The van der Waals surface area contributed by atoms with Crippen LogP contribution in [0.25, 0.3) is 6.08 Å². The highest BCUT2D eigenvalue weighted by atomic mass is 16.5. The number of carbonyl (C=O) groups excluding carboxylic acids is 1. The van der Waals surface area contributed by atoms with Gasteiger partial charge in [0, 0.05) is 6.08 Å². The molecule has 138 valence electrons. The van der Waals surface area contributed by atoms with Crippen LogP contribution in [0.4, 0.5) is 0 Å². The molecule has 0 saturated carbocycles. The van der Waals surface area contributed by atoms with Crippen LogP contribution in [0.3, 0.4) is 0 Å². The standard InChI is InChI=1S/C21H30O4/c1-18(2)24-16-8-6-4-5-7-9-17-25-20-13-10-19(11-14-20)12-15-21(22)23-3/h10-15H,1,4-9,16-17H2,2-3H3. The first-order valence-electron chi connectivity index (χ1n) is 8.89. The lowest BCUT2D eigenvalue weighted by Crippen LogP contribution is -1.97. The van der Waals surface area contributed by atoms with Crippen molar-refractivity contribution in [1.82, 2.24) is 0 Å². The quantitative estimate of drug-likeness (QED) is 0.215. The maximum Gasteiger partial charge on any atom is 0.330 e. The summed E-state index contributed by atoms with van der Waals surface area (Å²) < 4.78 is 15.6. The lowest BCUT2D eigenvalue weighted by Gasteiger charge is -2.07. The smallest absolute Gasteiger partial charge is 0.330 e. The van der Waals surface area contributed by atoms with Crippen LogP contribution in [-0.4, -0.2) is 26.3 Å². The monoisotopic (exact) mass is 346 g/mol. The Morgan fingerprint density at radius 1 is 1.00 bits per heavy atom. The second kappa shape index (κ2) is 13.1. The van der Waals surface area contributed by atoms with E-state index in [9.17, 15) is 4.79 Å². The van der Waals surface area contributed by atoms with Crippen LogP contribution in [0, 0.1) is 0 Å². The molecule has 0 aliphatic carbocycles. The summed E-state index contributed by atoms with van der Waals surface area (Å²) in [5.74, 6) is 1.29. The normalized spacial score (nSPS) is 10.6. The molecule has 0 aromatic heterocycles. The van der Waals surface area contributed by atoms with E-state index in [1.165, 1.54) is 38.9 Å². The summed E-state index contributed by atoms with van der Waals surface area (Å²) in [6.07, 6.45) is 10.1. The lowest BCUT2D eigenvalue weighted by molar-refractivity contribution is -0.134. The summed E-state index contributed by atoms with van der Waals surface area (Å²) in [4.78, 5) is 11.0. The Morgan fingerprint density at radius 3 is 2.20 bits per heavy atom. The zero-order valence-electron chi connectivity index (χ0n) is 15.5. The molecular weight excluding hydrogens is 316 g/mol. The molecular formula is C21H30O4. The van der Waals surface area contributed by atoms with Gasteiger partial charge in [-0.05, 0) is 43.5 Å². The maximum atomic E-state index is 11.0. The summed E-state index contributed by atoms with van der Waals surface area (Å²) in [6.45, 7) is 7.11. The van der Waals surface area contributed by atoms with E-state index in [-0.39, 0.29) is 5.97 Å². The molecule has 4 nitrogen and oxygen atoms in total. The number of esters is 1. The van der Waals surface area contributed by atoms with Crippen LogP contribution in [0.2, 0.25) is 0 Å². The Kier molecular flexibility index (Phi) is 10.9. The molecule has 1 aromatic carbocycles. The van der Waals surface area contributed by atoms with Crippen molar-refractivity contribution in [1.29, 1.82) is 0 Å². The molecule has 0 aliphatic heterocycles. The molecule has 0 spiro atoms. The van der Waals surface area contributed by atoms with Gasteiger partial charge in [0.05, 0.1) is 26.1 Å². The average Bonchev–Trinajstić information content (AvgIpc) is 2.62. The highest BCUT2D eigenvalue weighted by molar-refractivity contribution is 5.86. The van der Waals surface area contributed by atoms with Crippen LogP contribution >= 0.6 is 0 Å². The number of rotatable bonds is 13. The lowest BCUT2D eigenvalue weighted by atomic mass is 10.1. The van der Waals surface area contributed by atoms with Gasteiger partial charge in [-0.25, -0.2) is 4.79 Å². The highest BCUT2D eigenvalue weighted by Crippen LogP contribution is 2.14. The molecule has 0 amide bonds. The minimum absolute atomic E-state index is 0.358. The first kappa shape index (κ1) is 20.8. The molecule has 1 rings (SSSR count). The third-order valence-electron chi connectivity index (χ3n) is 3.65. The fourth-order valence-electron chi connectivity index (χ4n) is 2.26. The van der Waals surface area contributed by atoms with E-state index in [4.69, 9.17) is 9.47 Å². The van der Waals surface area contributed by atoms with Crippen molar-refractivity contribution in [2.75, 3.05) is 20.3 Å². The molecule has 0 heterocycles. The second-order valence-electron chi connectivity index (χ2n) is 5.95. The average molecular weight is 346 g/mol. The molecule has 0 bridgehead atoms. The van der Waals surface area contributed by atoms with Gasteiger partial charge in [0.2, 0.25) is 0 Å². The van der Waals surface area contributed by atoms with Crippen molar-refractivity contribution in [2.45, 2.75) is 45.4 Å². The highest BCUT2D eigenvalue weighted by Gasteiger charge is 1.97. The van der Waals surface area contributed by atoms with Gasteiger partial charge >= 0.3 is 5.97 Å². The van der Waals surface area contributed by atoms with Crippen LogP contribution in [0.1, 0.15) is 51.0 Å². The summed E-state index contributed by atoms with van der Waals surface area (Å²) >= 11 is 0. The fraction of sp³-hybridized carbons (Fsp3) is 0.476. The van der Waals surface area contributed by atoms with Gasteiger partial charge in [-0.15, -0.1) is 0 Å². The van der Waals surface area contributed by atoms with E-state index >= 15 is 0 Å². The zero-order chi connectivity index (χ0) is 18.3. The predicted molar refractivity (Wildman–Crippen MR) is 101 cm³/mol. The van der Waals surface area contributed by atoms with E-state index in [0.29, 0.717) is 0 Å². The minimum atomic E-state index is -0.358. The van der Waals surface area contributed by atoms with Crippen molar-refractivity contribution in [2.24, 2.45) is 0 Å². The number of methoxy groups -OCH3 is 1. The van der Waals surface area contributed by atoms with E-state index < -0.39 is 0 Å². The summed E-state index contributed by atoms with van der Waals surface area (Å²) in [5.41, 5.74) is 0.938. The Bertz CT molecular complexity index is 531. The number of benzene rings is 1. The van der Waals surface area contributed by atoms with Crippen molar-refractivity contribution < 1.29 is 19.0 Å². The van der Waals surface area contributed by atoms with E-state index in [1.807, 2.05) is 31.2 Å². The van der Waals surface area contributed by atoms with Crippen molar-refractivity contribution in [3.05, 3.63) is 48.2 Å². The van der Waals surface area contributed by atoms with Crippen LogP contribution in [0.15, 0.2) is 42.7 Å². The Hall–Kier alpha value is -2.23. The number of hydrogen-bond acceptors (Lipinski definition) is 4. The fourth-order valence-corrected chi connectivity index (χ4v) is 2.26. The van der Waals surface area contributed by atoms with Gasteiger partial charge < -0.3 is 14.2 Å². The SMILES string of the molecule is C=C(C)OCCCCCCCCOc1ccc(C=CC(=O)OC)cc1. The van der Waals surface area contributed by atoms with Gasteiger partial charge in [0.15, 0.2) is 0 Å². The molecule has 0 saturated heterocycles. The molecule has 0 atom stereocenters. The van der Waals surface area contributed by atoms with E-state index in [2.05, 4.69) is 11.3 Å². The topological polar surface area (TPSA) is 44.8 Å². The first-order chi connectivity index (χ1) is 12.1. The Morgan fingerprint density at radius 2 is 1.60 bits per heavy atom. The Balaban J connectivity index is 2.05. The van der Waals surface area contributed by atoms with Gasteiger partial charge in [0.25, 0.3) is 0 Å². The van der Waals surface area contributed by atoms with Crippen molar-refractivity contribution in [3.8, 4) is 5.75 Å². The largest absolute Gasteiger partial charge is 0.499 e. The maximum absolute atomic E-state index is 11.0. The van der Waals surface area contributed by atoms with Crippen molar-refractivity contribution in [3.63, 3.8) is 0 Å².